The minimum absolute atomic E-state index is 0.0733. The molecule has 2 rings (SSSR count). The fourth-order valence-electron chi connectivity index (χ4n) is 2.23. The molecule has 6 heteroatoms. The van der Waals surface area contributed by atoms with Crippen LogP contribution in [0.1, 0.15) is 51.0 Å². The van der Waals surface area contributed by atoms with Crippen LogP contribution in [0.5, 0.6) is 0 Å². The van der Waals surface area contributed by atoms with Gasteiger partial charge in [0.25, 0.3) is 0 Å². The molecule has 1 aromatic rings. The van der Waals surface area contributed by atoms with Gasteiger partial charge in [-0.25, -0.2) is 13.1 Å². The number of hydrogen-bond acceptors (Lipinski definition) is 3. The molecule has 2 N–H and O–H groups in total. The normalized spacial score (nSPS) is 15.9. The van der Waals surface area contributed by atoms with E-state index >= 15 is 0 Å². The van der Waals surface area contributed by atoms with E-state index in [0.717, 1.165) is 0 Å². The Bertz CT molecular complexity index is 616. The lowest BCUT2D eigenvalue weighted by Gasteiger charge is -2.25. The van der Waals surface area contributed by atoms with Gasteiger partial charge in [0.1, 0.15) is 0 Å². The molecule has 116 valence electrons. The van der Waals surface area contributed by atoms with E-state index < -0.39 is 21.5 Å². The zero-order valence-corrected chi connectivity index (χ0v) is 13.1. The van der Waals surface area contributed by atoms with Gasteiger partial charge >= 0.3 is 5.97 Å². The van der Waals surface area contributed by atoms with E-state index in [0.29, 0.717) is 5.92 Å². The third-order valence-corrected chi connectivity index (χ3v) is 5.33. The Labute approximate surface area is 125 Å². The molecule has 0 aliphatic heterocycles. The molecule has 1 aliphatic rings. The van der Waals surface area contributed by atoms with E-state index in [2.05, 4.69) is 4.72 Å². The summed E-state index contributed by atoms with van der Waals surface area (Å²) in [6, 6.07) is 6.94. The van der Waals surface area contributed by atoms with Crippen LogP contribution in [0.15, 0.2) is 29.2 Å². The number of sulfonamides is 1. The average molecular weight is 311 g/mol. The highest BCUT2D eigenvalue weighted by molar-refractivity contribution is 7.89. The summed E-state index contributed by atoms with van der Waals surface area (Å²) in [5, 5.41) is 8.70. The molecule has 0 spiro atoms. The molecule has 0 saturated heterocycles. The zero-order valence-electron chi connectivity index (χ0n) is 12.3. The summed E-state index contributed by atoms with van der Waals surface area (Å²) in [5.74, 6) is -0.349. The monoisotopic (exact) mass is 311 g/mol. The molecule has 1 aromatic carbocycles. The fourth-order valence-corrected chi connectivity index (χ4v) is 3.67. The van der Waals surface area contributed by atoms with E-state index in [1.165, 1.54) is 18.4 Å². The predicted molar refractivity (Wildman–Crippen MR) is 79.7 cm³/mol. The van der Waals surface area contributed by atoms with Crippen LogP contribution in [-0.2, 0) is 14.8 Å². The third kappa shape index (κ3) is 4.54. The topological polar surface area (TPSA) is 83.5 Å². The summed E-state index contributed by atoms with van der Waals surface area (Å²) in [5.41, 5.74) is 0.380. The molecule has 5 nitrogen and oxygen atoms in total. The molecule has 21 heavy (non-hydrogen) atoms. The van der Waals surface area contributed by atoms with Gasteiger partial charge in [0.2, 0.25) is 10.0 Å². The van der Waals surface area contributed by atoms with Crippen LogP contribution in [0.25, 0.3) is 0 Å². The number of rotatable bonds is 7. The molecule has 0 unspecified atom stereocenters. The van der Waals surface area contributed by atoms with Crippen molar-refractivity contribution in [3.8, 4) is 0 Å². The lowest BCUT2D eigenvalue weighted by molar-refractivity contribution is -0.137. The van der Waals surface area contributed by atoms with Crippen molar-refractivity contribution in [1.82, 2.24) is 4.72 Å². The zero-order chi connectivity index (χ0) is 15.7. The lowest BCUT2D eigenvalue weighted by Crippen LogP contribution is -2.43. The van der Waals surface area contributed by atoms with Crippen LogP contribution in [0.4, 0.5) is 0 Å². The summed E-state index contributed by atoms with van der Waals surface area (Å²) in [7, 11) is -3.63. The molecule has 1 saturated carbocycles. The Morgan fingerprint density at radius 3 is 2.33 bits per heavy atom. The average Bonchev–Trinajstić information content (AvgIpc) is 3.20. The number of hydrogen-bond donors (Lipinski definition) is 2. The van der Waals surface area contributed by atoms with Crippen molar-refractivity contribution >= 4 is 16.0 Å². The van der Waals surface area contributed by atoms with Gasteiger partial charge in [-0.05, 0) is 56.7 Å². The summed E-state index contributed by atoms with van der Waals surface area (Å²) in [4.78, 5) is 10.8. The van der Waals surface area contributed by atoms with E-state index in [1.807, 2.05) is 12.1 Å². The smallest absolute Gasteiger partial charge is 0.303 e. The maximum Gasteiger partial charge on any atom is 0.303 e. The van der Waals surface area contributed by atoms with Gasteiger partial charge in [0.15, 0.2) is 0 Å². The molecule has 0 atom stereocenters. The first-order chi connectivity index (χ1) is 9.70. The van der Waals surface area contributed by atoms with Crippen LogP contribution in [0, 0.1) is 0 Å². The maximum absolute atomic E-state index is 12.3. The minimum atomic E-state index is -3.63. The van der Waals surface area contributed by atoms with Crippen LogP contribution in [0.2, 0.25) is 0 Å². The van der Waals surface area contributed by atoms with Gasteiger partial charge in [0, 0.05) is 12.0 Å². The quantitative estimate of drug-likeness (QED) is 0.810. The van der Waals surface area contributed by atoms with Gasteiger partial charge in [-0.15, -0.1) is 0 Å². The highest BCUT2D eigenvalue weighted by Crippen LogP contribution is 2.40. The van der Waals surface area contributed by atoms with Crippen molar-refractivity contribution in [1.29, 1.82) is 0 Å². The summed E-state index contributed by atoms with van der Waals surface area (Å²) in [6.07, 6.45) is 2.51. The van der Waals surface area contributed by atoms with E-state index in [9.17, 15) is 13.2 Å². The summed E-state index contributed by atoms with van der Waals surface area (Å²) in [6.45, 7) is 3.37. The number of benzene rings is 1. The van der Waals surface area contributed by atoms with Crippen molar-refractivity contribution in [2.45, 2.75) is 55.9 Å². The largest absolute Gasteiger partial charge is 0.481 e. The molecule has 0 heterocycles. The fraction of sp³-hybridized carbons (Fsp3) is 0.533. The molecule has 0 radical (unpaired) electrons. The molecule has 1 aliphatic carbocycles. The van der Waals surface area contributed by atoms with Gasteiger partial charge in [-0.1, -0.05) is 12.1 Å². The lowest BCUT2D eigenvalue weighted by atomic mass is 10.0. The number of carboxylic acids is 1. The second kappa shape index (κ2) is 5.77. The van der Waals surface area contributed by atoms with E-state index in [4.69, 9.17) is 5.11 Å². The maximum atomic E-state index is 12.3. The SMILES string of the molecule is CC(C)(CCC(=O)O)NS(=O)(=O)c1ccc(C2CC2)cc1. The first-order valence-corrected chi connectivity index (χ1v) is 8.54. The van der Waals surface area contributed by atoms with Crippen LogP contribution in [0.3, 0.4) is 0 Å². The van der Waals surface area contributed by atoms with Crippen molar-refractivity contribution in [3.05, 3.63) is 29.8 Å². The van der Waals surface area contributed by atoms with Gasteiger partial charge < -0.3 is 5.11 Å². The number of carbonyl (C=O) groups is 1. The molecule has 0 bridgehead atoms. The number of carboxylic acid groups (broad SMARTS) is 1. The van der Waals surface area contributed by atoms with Crippen LogP contribution >= 0.6 is 0 Å². The second-order valence-corrected chi connectivity index (χ2v) is 7.91. The van der Waals surface area contributed by atoms with E-state index in [-0.39, 0.29) is 17.7 Å². The van der Waals surface area contributed by atoms with Crippen molar-refractivity contribution < 1.29 is 18.3 Å². The molecule has 0 amide bonds. The summed E-state index contributed by atoms with van der Waals surface area (Å²) < 4.78 is 27.2. The van der Waals surface area contributed by atoms with E-state index in [1.54, 1.807) is 26.0 Å². The molecular weight excluding hydrogens is 290 g/mol. The highest BCUT2D eigenvalue weighted by Gasteiger charge is 2.28. The third-order valence-electron chi connectivity index (χ3n) is 3.61. The molecule has 1 fully saturated rings. The Morgan fingerprint density at radius 2 is 1.86 bits per heavy atom. The molecular formula is C15H21NO4S. The van der Waals surface area contributed by atoms with Crippen molar-refractivity contribution in [3.63, 3.8) is 0 Å². The second-order valence-electron chi connectivity index (χ2n) is 6.23. The molecule has 0 aromatic heterocycles. The van der Waals surface area contributed by atoms with Crippen LogP contribution in [-0.4, -0.2) is 25.0 Å². The Hall–Kier alpha value is -1.40. The Morgan fingerprint density at radius 1 is 1.29 bits per heavy atom. The minimum Gasteiger partial charge on any atom is -0.481 e. The number of aliphatic carboxylic acids is 1. The Balaban J connectivity index is 2.07. The summed E-state index contributed by atoms with van der Waals surface area (Å²) >= 11 is 0. The first kappa shape index (κ1) is 16.0. The first-order valence-electron chi connectivity index (χ1n) is 7.05. The number of nitrogens with one attached hydrogen (secondary N) is 1. The van der Waals surface area contributed by atoms with Crippen molar-refractivity contribution in [2.75, 3.05) is 0 Å². The van der Waals surface area contributed by atoms with Crippen molar-refractivity contribution in [2.24, 2.45) is 0 Å². The Kier molecular flexibility index (Phi) is 4.39. The van der Waals surface area contributed by atoms with Gasteiger partial charge in [0.05, 0.1) is 4.90 Å². The van der Waals surface area contributed by atoms with Gasteiger partial charge in [-0.3, -0.25) is 4.79 Å². The highest BCUT2D eigenvalue weighted by atomic mass is 32.2. The standard InChI is InChI=1S/C15H21NO4S/c1-15(2,10-9-14(17)18)16-21(19,20)13-7-5-12(6-8-13)11-3-4-11/h5-8,11,16H,3-4,9-10H2,1-2H3,(H,17,18). The predicted octanol–water partition coefficient (Wildman–Crippen LogP) is 2.49. The van der Waals surface area contributed by atoms with Gasteiger partial charge in [-0.2, -0.15) is 0 Å². The van der Waals surface area contributed by atoms with Crippen LogP contribution < -0.4 is 4.72 Å².